The van der Waals surface area contributed by atoms with Crippen LogP contribution in [0.2, 0.25) is 0 Å². The number of piperidine rings is 2. The summed E-state index contributed by atoms with van der Waals surface area (Å²) < 4.78 is 11.4. The molecule has 9 heteroatoms. The van der Waals surface area contributed by atoms with Gasteiger partial charge in [0.25, 0.3) is 5.91 Å². The lowest BCUT2D eigenvalue weighted by Crippen LogP contribution is -2.65. The van der Waals surface area contributed by atoms with Gasteiger partial charge in [-0.05, 0) is 58.6 Å². The van der Waals surface area contributed by atoms with Crippen LogP contribution in [-0.4, -0.2) is 84.4 Å². The summed E-state index contributed by atoms with van der Waals surface area (Å²) in [7, 11) is 0. The molecule has 3 saturated heterocycles. The van der Waals surface area contributed by atoms with Gasteiger partial charge in [-0.1, -0.05) is 6.07 Å². The van der Waals surface area contributed by atoms with Gasteiger partial charge in [0.1, 0.15) is 5.75 Å². The second-order valence-corrected chi connectivity index (χ2v) is 10.6. The van der Waals surface area contributed by atoms with Gasteiger partial charge < -0.3 is 29.3 Å². The third-order valence-corrected chi connectivity index (χ3v) is 7.55. The first-order valence-electron chi connectivity index (χ1n) is 12.6. The van der Waals surface area contributed by atoms with Crippen LogP contribution in [0.25, 0.3) is 0 Å². The molecular formula is C26H37N3O6. The van der Waals surface area contributed by atoms with Crippen molar-refractivity contribution in [2.75, 3.05) is 50.8 Å². The number of carbonyl (C=O) groups excluding carboxylic acids is 2. The minimum atomic E-state index is -1.03. The third kappa shape index (κ3) is 5.49. The molecule has 1 aromatic carbocycles. The van der Waals surface area contributed by atoms with Crippen LogP contribution < -0.4 is 9.64 Å². The molecular weight excluding hydrogens is 450 g/mol. The number of hydrogen-bond acceptors (Lipinski definition) is 6. The van der Waals surface area contributed by atoms with Gasteiger partial charge in [-0.2, -0.15) is 0 Å². The molecule has 1 spiro atoms. The molecule has 2 amide bonds. The van der Waals surface area contributed by atoms with Crippen molar-refractivity contribution in [3.05, 3.63) is 24.3 Å². The van der Waals surface area contributed by atoms with E-state index in [1.807, 2.05) is 36.1 Å². The SMILES string of the molecule is CCOC(=O)C1CCCN(c2cccc(OC(C)(C)C(=O)N3CC4(CCN(C(=O)O)CC4)C3)c2)C1. The Morgan fingerprint density at radius 2 is 1.83 bits per heavy atom. The minimum Gasteiger partial charge on any atom is -0.478 e. The van der Waals surface area contributed by atoms with Gasteiger partial charge in [0.05, 0.1) is 12.5 Å². The number of benzene rings is 1. The zero-order valence-electron chi connectivity index (χ0n) is 21.0. The summed E-state index contributed by atoms with van der Waals surface area (Å²) in [6.45, 7) is 9.61. The Balaban J connectivity index is 1.34. The quantitative estimate of drug-likeness (QED) is 0.615. The van der Waals surface area contributed by atoms with Gasteiger partial charge in [-0.25, -0.2) is 4.79 Å². The van der Waals surface area contributed by atoms with E-state index in [2.05, 4.69) is 4.90 Å². The molecule has 192 valence electrons. The molecule has 35 heavy (non-hydrogen) atoms. The van der Waals surface area contributed by atoms with Crippen molar-refractivity contribution in [1.82, 2.24) is 9.80 Å². The molecule has 1 N–H and O–H groups in total. The third-order valence-electron chi connectivity index (χ3n) is 7.55. The van der Waals surface area contributed by atoms with E-state index in [4.69, 9.17) is 14.6 Å². The topological polar surface area (TPSA) is 99.6 Å². The highest BCUT2D eigenvalue weighted by Crippen LogP contribution is 2.41. The van der Waals surface area contributed by atoms with Crippen LogP contribution in [-0.2, 0) is 14.3 Å². The number of anilines is 1. The molecule has 3 aliphatic rings. The number of rotatable bonds is 6. The molecule has 3 fully saturated rings. The molecule has 0 bridgehead atoms. The zero-order chi connectivity index (χ0) is 25.2. The van der Waals surface area contributed by atoms with Crippen LogP contribution in [0.5, 0.6) is 5.75 Å². The van der Waals surface area contributed by atoms with Crippen molar-refractivity contribution in [1.29, 1.82) is 0 Å². The van der Waals surface area contributed by atoms with E-state index in [0.29, 0.717) is 45.1 Å². The first-order chi connectivity index (χ1) is 16.6. The molecule has 0 radical (unpaired) electrons. The number of hydrogen-bond donors (Lipinski definition) is 1. The maximum absolute atomic E-state index is 13.3. The summed E-state index contributed by atoms with van der Waals surface area (Å²) in [6, 6.07) is 7.69. The molecule has 3 aliphatic heterocycles. The summed E-state index contributed by atoms with van der Waals surface area (Å²) in [5.41, 5.74) is -0.0357. The lowest BCUT2D eigenvalue weighted by molar-refractivity contribution is -0.160. The zero-order valence-corrected chi connectivity index (χ0v) is 21.0. The largest absolute Gasteiger partial charge is 0.478 e. The van der Waals surface area contributed by atoms with E-state index in [1.165, 1.54) is 4.90 Å². The maximum atomic E-state index is 13.3. The van der Waals surface area contributed by atoms with E-state index in [-0.39, 0.29) is 23.2 Å². The number of carbonyl (C=O) groups is 3. The standard InChI is InChI=1S/C26H37N3O6/c1-4-34-22(30)19-7-6-12-28(16-19)20-8-5-9-21(15-20)35-25(2,3)23(31)29-17-26(18-29)10-13-27(14-11-26)24(32)33/h5,8-9,15,19H,4,6-7,10-14,16-18H2,1-3H3,(H,32,33). The van der Waals surface area contributed by atoms with Crippen LogP contribution in [0.4, 0.5) is 10.5 Å². The fraction of sp³-hybridized carbons (Fsp3) is 0.654. The predicted molar refractivity (Wildman–Crippen MR) is 131 cm³/mol. The van der Waals surface area contributed by atoms with Crippen molar-refractivity contribution in [3.8, 4) is 5.75 Å². The first kappa shape index (κ1) is 25.1. The van der Waals surface area contributed by atoms with Crippen molar-refractivity contribution in [2.24, 2.45) is 11.3 Å². The Kier molecular flexibility index (Phi) is 7.15. The fourth-order valence-corrected chi connectivity index (χ4v) is 5.52. The van der Waals surface area contributed by atoms with Gasteiger partial charge in [-0.15, -0.1) is 0 Å². The highest BCUT2D eigenvalue weighted by Gasteiger charge is 2.50. The summed E-state index contributed by atoms with van der Waals surface area (Å²) in [4.78, 5) is 42.1. The van der Waals surface area contributed by atoms with Gasteiger partial charge >= 0.3 is 12.1 Å². The minimum absolute atomic E-state index is 0.0291. The smallest absolute Gasteiger partial charge is 0.407 e. The van der Waals surface area contributed by atoms with Crippen molar-refractivity contribution in [2.45, 2.75) is 52.1 Å². The molecule has 0 aromatic heterocycles. The van der Waals surface area contributed by atoms with Crippen molar-refractivity contribution >= 4 is 23.7 Å². The van der Waals surface area contributed by atoms with Crippen LogP contribution in [0, 0.1) is 11.3 Å². The van der Waals surface area contributed by atoms with Crippen LogP contribution in [0.15, 0.2) is 24.3 Å². The van der Waals surface area contributed by atoms with Crippen LogP contribution >= 0.6 is 0 Å². The maximum Gasteiger partial charge on any atom is 0.407 e. The van der Waals surface area contributed by atoms with E-state index in [9.17, 15) is 14.4 Å². The van der Waals surface area contributed by atoms with Crippen molar-refractivity contribution in [3.63, 3.8) is 0 Å². The molecule has 3 heterocycles. The molecule has 4 rings (SSSR count). The van der Waals surface area contributed by atoms with Gasteiger partial charge in [-0.3, -0.25) is 9.59 Å². The average molecular weight is 488 g/mol. The number of ether oxygens (including phenoxy) is 2. The number of likely N-dealkylation sites (tertiary alicyclic amines) is 2. The number of carboxylic acid groups (broad SMARTS) is 1. The highest BCUT2D eigenvalue weighted by atomic mass is 16.5. The molecule has 9 nitrogen and oxygen atoms in total. The number of amides is 2. The van der Waals surface area contributed by atoms with Crippen LogP contribution in [0.1, 0.15) is 46.5 Å². The van der Waals surface area contributed by atoms with E-state index >= 15 is 0 Å². The number of esters is 1. The van der Waals surface area contributed by atoms with Gasteiger partial charge in [0.15, 0.2) is 5.60 Å². The lowest BCUT2D eigenvalue weighted by atomic mass is 9.71. The Morgan fingerprint density at radius 1 is 1.11 bits per heavy atom. The fourth-order valence-electron chi connectivity index (χ4n) is 5.52. The number of nitrogens with zero attached hydrogens (tertiary/aromatic N) is 3. The summed E-state index contributed by atoms with van der Waals surface area (Å²) >= 11 is 0. The molecule has 1 unspecified atom stereocenters. The Labute approximate surface area is 206 Å². The van der Waals surface area contributed by atoms with Crippen molar-refractivity contribution < 1.29 is 29.0 Å². The summed E-state index contributed by atoms with van der Waals surface area (Å²) in [5.74, 6) is 0.281. The Hall–Kier alpha value is -2.97. The van der Waals surface area contributed by atoms with E-state index in [0.717, 1.165) is 37.9 Å². The second-order valence-electron chi connectivity index (χ2n) is 10.6. The van der Waals surface area contributed by atoms with Crippen LogP contribution in [0.3, 0.4) is 0 Å². The van der Waals surface area contributed by atoms with E-state index < -0.39 is 11.7 Å². The normalized spacial score (nSPS) is 21.9. The van der Waals surface area contributed by atoms with Gasteiger partial charge in [0.2, 0.25) is 0 Å². The highest BCUT2D eigenvalue weighted by molar-refractivity contribution is 5.85. The predicted octanol–water partition coefficient (Wildman–Crippen LogP) is 3.23. The van der Waals surface area contributed by atoms with E-state index in [1.54, 1.807) is 13.8 Å². The molecule has 1 atom stereocenters. The van der Waals surface area contributed by atoms with Gasteiger partial charge in [0, 0.05) is 56.4 Å². The first-order valence-corrected chi connectivity index (χ1v) is 12.6. The Morgan fingerprint density at radius 3 is 2.49 bits per heavy atom. The lowest BCUT2D eigenvalue weighted by Gasteiger charge is -2.54. The molecule has 0 aliphatic carbocycles. The molecule has 0 saturated carbocycles. The Bertz CT molecular complexity index is 948. The monoisotopic (exact) mass is 487 g/mol. The average Bonchev–Trinajstić information content (AvgIpc) is 2.82. The molecule has 1 aromatic rings. The second kappa shape index (κ2) is 9.95. The summed E-state index contributed by atoms with van der Waals surface area (Å²) in [6.07, 6.45) is 2.45. The summed E-state index contributed by atoms with van der Waals surface area (Å²) in [5, 5.41) is 9.17.